The van der Waals surface area contributed by atoms with Crippen molar-refractivity contribution in [2.45, 2.75) is 10.1 Å². The minimum atomic E-state index is -1.13. The summed E-state index contributed by atoms with van der Waals surface area (Å²) < 4.78 is 10.9. The van der Waals surface area contributed by atoms with Crippen molar-refractivity contribution in [3.63, 3.8) is 0 Å². The molecule has 0 saturated carbocycles. The van der Waals surface area contributed by atoms with E-state index in [4.69, 9.17) is 20.8 Å². The summed E-state index contributed by atoms with van der Waals surface area (Å²) in [6.45, 7) is 0. The molecule has 35 heavy (non-hydrogen) atoms. The standard InChI is InChI=1S/C20H11ClN4O7S3/c21-10-3-4-13(25(29)30)12(6-10)18(28)32-15-8-31-11(7-14(15)26)9-34-20-24-23-19(35-20)22-17(27)16-2-1-5-33-16/h1-8H,9H2,(H,22,23,27). The number of ether oxygens (including phenoxy) is 1. The van der Waals surface area contributed by atoms with Gasteiger partial charge in [-0.25, -0.2) is 4.79 Å². The van der Waals surface area contributed by atoms with Crippen molar-refractivity contribution in [3.8, 4) is 5.75 Å². The van der Waals surface area contributed by atoms with E-state index in [1.54, 1.807) is 17.5 Å². The van der Waals surface area contributed by atoms with Crippen LogP contribution in [-0.2, 0) is 5.75 Å². The molecule has 4 aromatic rings. The highest BCUT2D eigenvalue weighted by molar-refractivity contribution is 8.00. The highest BCUT2D eigenvalue weighted by Crippen LogP contribution is 2.29. The number of nitro benzene ring substituents is 1. The summed E-state index contributed by atoms with van der Waals surface area (Å²) in [7, 11) is 0. The van der Waals surface area contributed by atoms with E-state index >= 15 is 0 Å². The second-order valence-electron chi connectivity index (χ2n) is 6.48. The number of nitrogens with zero attached hydrogens (tertiary/aromatic N) is 3. The first-order chi connectivity index (χ1) is 16.8. The van der Waals surface area contributed by atoms with Gasteiger partial charge in [0.2, 0.25) is 16.3 Å². The zero-order chi connectivity index (χ0) is 24.9. The van der Waals surface area contributed by atoms with E-state index in [1.165, 1.54) is 29.2 Å². The van der Waals surface area contributed by atoms with Crippen molar-refractivity contribution in [1.82, 2.24) is 10.2 Å². The SMILES string of the molecule is O=C(Nc1nnc(SCc2cc(=O)c(OC(=O)c3cc(Cl)ccc3[N+](=O)[O-])co2)s1)c1cccs1. The summed E-state index contributed by atoms with van der Waals surface area (Å²) in [5, 5.41) is 23.9. The number of carbonyl (C=O) groups excluding carboxylic acids is 2. The van der Waals surface area contributed by atoms with Gasteiger partial charge in [0.05, 0.1) is 15.6 Å². The zero-order valence-electron chi connectivity index (χ0n) is 17.1. The first-order valence-corrected chi connectivity index (χ1v) is 12.4. The number of anilines is 1. The summed E-state index contributed by atoms with van der Waals surface area (Å²) in [6, 6.07) is 7.98. The number of hydrogen-bond donors (Lipinski definition) is 1. The van der Waals surface area contributed by atoms with Crippen LogP contribution < -0.4 is 15.5 Å². The lowest BCUT2D eigenvalue weighted by Crippen LogP contribution is -2.16. The number of rotatable bonds is 8. The fourth-order valence-corrected chi connectivity index (χ4v) is 5.02. The minimum absolute atomic E-state index is 0.0906. The van der Waals surface area contributed by atoms with Crippen LogP contribution in [0.5, 0.6) is 5.75 Å². The summed E-state index contributed by atoms with van der Waals surface area (Å²) in [4.78, 5) is 47.7. The number of amides is 1. The third kappa shape index (κ3) is 6.10. The van der Waals surface area contributed by atoms with Crippen LogP contribution >= 0.6 is 46.0 Å². The van der Waals surface area contributed by atoms with Gasteiger partial charge in [-0.1, -0.05) is 40.8 Å². The number of aromatic nitrogens is 2. The molecular formula is C20H11ClN4O7S3. The Labute approximate surface area is 212 Å². The van der Waals surface area contributed by atoms with Gasteiger partial charge < -0.3 is 9.15 Å². The first kappa shape index (κ1) is 24.5. The Hall–Kier alpha value is -3.59. The molecule has 0 aliphatic carbocycles. The topological polar surface area (TPSA) is 155 Å². The zero-order valence-corrected chi connectivity index (χ0v) is 20.3. The van der Waals surface area contributed by atoms with Crippen LogP contribution in [0.15, 0.2) is 61.6 Å². The Kier molecular flexibility index (Phi) is 7.55. The molecule has 0 unspecified atom stereocenters. The number of carbonyl (C=O) groups is 2. The quantitative estimate of drug-likeness (QED) is 0.105. The highest BCUT2D eigenvalue weighted by atomic mass is 35.5. The van der Waals surface area contributed by atoms with E-state index < -0.39 is 33.3 Å². The van der Waals surface area contributed by atoms with Gasteiger partial charge in [0.1, 0.15) is 17.6 Å². The number of benzene rings is 1. The van der Waals surface area contributed by atoms with Crippen molar-refractivity contribution in [2.24, 2.45) is 0 Å². The maximum atomic E-state index is 12.4. The molecule has 0 aliphatic heterocycles. The summed E-state index contributed by atoms with van der Waals surface area (Å²) in [5.74, 6) is -1.39. The maximum absolute atomic E-state index is 12.4. The predicted molar refractivity (Wildman–Crippen MR) is 130 cm³/mol. The second kappa shape index (κ2) is 10.8. The van der Waals surface area contributed by atoms with E-state index in [1.807, 2.05) is 0 Å². The normalized spacial score (nSPS) is 10.7. The maximum Gasteiger partial charge on any atom is 0.350 e. The molecule has 3 aromatic heterocycles. The molecule has 0 fully saturated rings. The molecule has 11 nitrogen and oxygen atoms in total. The second-order valence-corrected chi connectivity index (χ2v) is 10.1. The van der Waals surface area contributed by atoms with Crippen LogP contribution in [-0.4, -0.2) is 27.0 Å². The molecular weight excluding hydrogens is 540 g/mol. The van der Waals surface area contributed by atoms with Gasteiger partial charge in [0.15, 0.2) is 4.34 Å². The molecule has 0 saturated heterocycles. The van der Waals surface area contributed by atoms with E-state index in [-0.39, 0.29) is 22.4 Å². The van der Waals surface area contributed by atoms with Gasteiger partial charge in [0.25, 0.3) is 11.6 Å². The van der Waals surface area contributed by atoms with Crippen molar-refractivity contribution in [2.75, 3.05) is 5.32 Å². The Morgan fingerprint density at radius 2 is 2.09 bits per heavy atom. The van der Waals surface area contributed by atoms with Gasteiger partial charge in [-0.3, -0.25) is 25.0 Å². The number of esters is 1. The average molecular weight is 551 g/mol. The van der Waals surface area contributed by atoms with Gasteiger partial charge >= 0.3 is 5.97 Å². The Morgan fingerprint density at radius 1 is 1.26 bits per heavy atom. The number of nitro groups is 1. The molecule has 1 amide bonds. The molecule has 3 heterocycles. The first-order valence-electron chi connectivity index (χ1n) is 9.39. The minimum Gasteiger partial charge on any atom is -0.464 e. The molecule has 15 heteroatoms. The lowest BCUT2D eigenvalue weighted by atomic mass is 10.2. The molecule has 0 aliphatic rings. The smallest absolute Gasteiger partial charge is 0.350 e. The largest absolute Gasteiger partial charge is 0.464 e. The van der Waals surface area contributed by atoms with Crippen LogP contribution in [0.4, 0.5) is 10.8 Å². The molecule has 178 valence electrons. The molecule has 1 aromatic carbocycles. The van der Waals surface area contributed by atoms with E-state index in [2.05, 4.69) is 15.5 Å². The fourth-order valence-electron chi connectivity index (χ4n) is 2.59. The third-order valence-corrected chi connectivity index (χ3v) is 7.24. The summed E-state index contributed by atoms with van der Waals surface area (Å²) >= 11 is 9.49. The number of nitrogens with one attached hydrogen (secondary N) is 1. The molecule has 0 atom stereocenters. The molecule has 0 radical (unpaired) electrons. The number of thioether (sulfide) groups is 1. The van der Waals surface area contributed by atoms with Gasteiger partial charge in [-0.15, -0.1) is 21.5 Å². The van der Waals surface area contributed by atoms with Crippen LogP contribution in [0.3, 0.4) is 0 Å². The average Bonchev–Trinajstić information content (AvgIpc) is 3.51. The van der Waals surface area contributed by atoms with E-state index in [0.717, 1.165) is 35.8 Å². The summed E-state index contributed by atoms with van der Waals surface area (Å²) in [5.41, 5.74) is -1.58. The fraction of sp³-hybridized carbons (Fsp3) is 0.0500. The van der Waals surface area contributed by atoms with E-state index in [0.29, 0.717) is 14.3 Å². The van der Waals surface area contributed by atoms with Gasteiger partial charge in [-0.05, 0) is 23.6 Å². The van der Waals surface area contributed by atoms with Crippen LogP contribution in [0.1, 0.15) is 25.8 Å². The van der Waals surface area contributed by atoms with Crippen molar-refractivity contribution >= 4 is 68.7 Å². The van der Waals surface area contributed by atoms with Crippen LogP contribution in [0.25, 0.3) is 0 Å². The molecule has 1 N–H and O–H groups in total. The Balaban J connectivity index is 1.38. The van der Waals surface area contributed by atoms with Gasteiger partial charge in [-0.2, -0.15) is 0 Å². The monoisotopic (exact) mass is 550 g/mol. The Morgan fingerprint density at radius 3 is 2.80 bits per heavy atom. The lowest BCUT2D eigenvalue weighted by Gasteiger charge is -2.05. The predicted octanol–water partition coefficient (Wildman–Crippen LogP) is 4.88. The van der Waals surface area contributed by atoms with Crippen molar-refractivity contribution < 1.29 is 23.7 Å². The van der Waals surface area contributed by atoms with Crippen molar-refractivity contribution in [3.05, 3.63) is 89.6 Å². The number of halogens is 1. The van der Waals surface area contributed by atoms with E-state index in [9.17, 15) is 24.5 Å². The highest BCUT2D eigenvalue weighted by Gasteiger charge is 2.23. The van der Waals surface area contributed by atoms with Gasteiger partial charge in [0, 0.05) is 17.2 Å². The van der Waals surface area contributed by atoms with Crippen LogP contribution in [0, 0.1) is 10.1 Å². The third-order valence-electron chi connectivity index (χ3n) is 4.14. The van der Waals surface area contributed by atoms with Crippen molar-refractivity contribution in [1.29, 1.82) is 0 Å². The number of hydrogen-bond acceptors (Lipinski definition) is 12. The summed E-state index contributed by atoms with van der Waals surface area (Å²) in [6.07, 6.45) is 0.944. The molecule has 0 spiro atoms. The molecule has 0 bridgehead atoms. The number of thiophene rings is 1. The molecule has 4 rings (SSSR count). The van der Waals surface area contributed by atoms with Crippen LogP contribution in [0.2, 0.25) is 5.02 Å². The Bertz CT molecular complexity index is 1470. The lowest BCUT2D eigenvalue weighted by molar-refractivity contribution is -0.385.